The van der Waals surface area contributed by atoms with Crippen LogP contribution in [0.1, 0.15) is 24.2 Å². The molecule has 0 aliphatic heterocycles. The normalized spacial score (nSPS) is 11.9. The van der Waals surface area contributed by atoms with Crippen molar-refractivity contribution in [2.24, 2.45) is 0 Å². The molecule has 0 atom stereocenters. The molecule has 0 unspecified atom stereocenters. The van der Waals surface area contributed by atoms with E-state index in [1.54, 1.807) is 29.2 Å². The molecule has 1 aromatic heterocycles. The Balaban J connectivity index is 2.10. The number of hydrogen-bond donors (Lipinski definition) is 0. The zero-order valence-electron chi connectivity index (χ0n) is 17.4. The van der Waals surface area contributed by atoms with Crippen molar-refractivity contribution in [2.45, 2.75) is 18.7 Å². The molecule has 2 aromatic carbocycles. The Morgan fingerprint density at radius 2 is 1.81 bits per heavy atom. The van der Waals surface area contributed by atoms with Gasteiger partial charge in [0, 0.05) is 24.4 Å². The third kappa shape index (κ3) is 5.38. The van der Waals surface area contributed by atoms with E-state index in [1.165, 1.54) is 23.5 Å². The Hall–Kier alpha value is -1.71. The summed E-state index contributed by atoms with van der Waals surface area (Å²) in [5.74, 6) is -0.334. The van der Waals surface area contributed by atoms with Crippen molar-refractivity contribution in [3.8, 4) is 0 Å². The summed E-state index contributed by atoms with van der Waals surface area (Å²) in [6, 6.07) is 9.74. The standard InChI is InChI=1S/C21H23Cl2N3O3S2/c1-4-25(5-2)11-12-26(20(27)15-13-14(22)9-10-16(15)23)21-24-19-17(30-21)7-6-8-18(19)31(3,28)29/h6-10,13H,4-5,11-12H2,1-3H3. The number of sulfone groups is 1. The molecule has 1 heterocycles. The number of fused-ring (bicyclic) bond motifs is 1. The molecule has 0 radical (unpaired) electrons. The first kappa shape index (κ1) is 23.9. The quantitative estimate of drug-likeness (QED) is 0.436. The Labute approximate surface area is 196 Å². The second-order valence-electron chi connectivity index (χ2n) is 6.98. The average Bonchev–Trinajstić information content (AvgIpc) is 3.15. The lowest BCUT2D eigenvalue weighted by molar-refractivity contribution is 0.0984. The van der Waals surface area contributed by atoms with Crippen LogP contribution >= 0.6 is 34.5 Å². The van der Waals surface area contributed by atoms with E-state index in [9.17, 15) is 13.2 Å². The van der Waals surface area contributed by atoms with Crippen LogP contribution in [0.5, 0.6) is 0 Å². The van der Waals surface area contributed by atoms with E-state index in [2.05, 4.69) is 23.7 Å². The third-order valence-corrected chi connectivity index (χ3v) is 7.68. The van der Waals surface area contributed by atoms with Crippen molar-refractivity contribution in [2.75, 3.05) is 37.3 Å². The van der Waals surface area contributed by atoms with Gasteiger partial charge in [-0.15, -0.1) is 0 Å². The zero-order valence-corrected chi connectivity index (χ0v) is 20.6. The number of amides is 1. The first-order valence-electron chi connectivity index (χ1n) is 9.74. The van der Waals surface area contributed by atoms with E-state index in [0.717, 1.165) is 19.3 Å². The van der Waals surface area contributed by atoms with Gasteiger partial charge in [-0.1, -0.05) is 54.5 Å². The minimum atomic E-state index is -3.47. The monoisotopic (exact) mass is 499 g/mol. The maximum atomic E-state index is 13.5. The van der Waals surface area contributed by atoms with Gasteiger partial charge in [-0.05, 0) is 43.4 Å². The molecule has 0 aliphatic carbocycles. The molecule has 0 aliphatic rings. The minimum absolute atomic E-state index is 0.143. The number of nitrogens with zero attached hydrogens (tertiary/aromatic N) is 3. The second kappa shape index (κ2) is 9.83. The Kier molecular flexibility index (Phi) is 7.59. The molecule has 3 aromatic rings. The number of aromatic nitrogens is 1. The fourth-order valence-electron chi connectivity index (χ4n) is 3.20. The predicted molar refractivity (Wildman–Crippen MR) is 129 cm³/mol. The summed E-state index contributed by atoms with van der Waals surface area (Å²) in [7, 11) is -3.47. The maximum absolute atomic E-state index is 13.5. The van der Waals surface area contributed by atoms with E-state index in [4.69, 9.17) is 23.2 Å². The van der Waals surface area contributed by atoms with Crippen LogP contribution in [0.2, 0.25) is 10.0 Å². The number of rotatable bonds is 8. The van der Waals surface area contributed by atoms with Gasteiger partial charge in [-0.25, -0.2) is 13.4 Å². The van der Waals surface area contributed by atoms with Crippen LogP contribution in [0.4, 0.5) is 5.13 Å². The molecule has 31 heavy (non-hydrogen) atoms. The number of hydrogen-bond acceptors (Lipinski definition) is 6. The molecule has 0 bridgehead atoms. The highest BCUT2D eigenvalue weighted by atomic mass is 35.5. The SMILES string of the molecule is CCN(CC)CCN(C(=O)c1cc(Cl)ccc1Cl)c1nc2c(S(C)(=O)=O)cccc2s1. The molecule has 166 valence electrons. The van der Waals surface area contributed by atoms with Crippen molar-refractivity contribution in [3.05, 3.63) is 52.0 Å². The first-order chi connectivity index (χ1) is 14.7. The number of para-hydroxylation sites is 1. The summed E-state index contributed by atoms with van der Waals surface area (Å²) >= 11 is 13.7. The summed E-state index contributed by atoms with van der Waals surface area (Å²) < 4.78 is 25.1. The van der Waals surface area contributed by atoms with Gasteiger partial charge in [0.2, 0.25) is 0 Å². The number of likely N-dealkylation sites (N-methyl/N-ethyl adjacent to an activating group) is 1. The van der Waals surface area contributed by atoms with Crippen LogP contribution in [-0.2, 0) is 9.84 Å². The predicted octanol–water partition coefficient (Wildman–Crippen LogP) is 5.00. The molecule has 0 spiro atoms. The van der Waals surface area contributed by atoms with Gasteiger partial charge in [-0.2, -0.15) is 0 Å². The molecule has 10 heteroatoms. The van der Waals surface area contributed by atoms with Crippen molar-refractivity contribution in [1.29, 1.82) is 0 Å². The number of anilines is 1. The van der Waals surface area contributed by atoms with Gasteiger partial charge >= 0.3 is 0 Å². The van der Waals surface area contributed by atoms with Crippen LogP contribution in [0.15, 0.2) is 41.3 Å². The van der Waals surface area contributed by atoms with Gasteiger partial charge < -0.3 is 4.90 Å². The lowest BCUT2D eigenvalue weighted by atomic mass is 10.2. The van der Waals surface area contributed by atoms with Crippen molar-refractivity contribution in [3.63, 3.8) is 0 Å². The summed E-state index contributed by atoms with van der Waals surface area (Å²) in [5, 5.41) is 1.11. The average molecular weight is 500 g/mol. The molecule has 0 saturated carbocycles. The number of halogens is 2. The van der Waals surface area contributed by atoms with Gasteiger partial charge in [-0.3, -0.25) is 9.69 Å². The van der Waals surface area contributed by atoms with Crippen LogP contribution < -0.4 is 4.90 Å². The van der Waals surface area contributed by atoms with E-state index >= 15 is 0 Å². The van der Waals surface area contributed by atoms with E-state index in [1.807, 2.05) is 0 Å². The Morgan fingerprint density at radius 1 is 1.10 bits per heavy atom. The number of thiazole rings is 1. The van der Waals surface area contributed by atoms with Gasteiger partial charge in [0.1, 0.15) is 5.52 Å². The number of carbonyl (C=O) groups is 1. The summed E-state index contributed by atoms with van der Waals surface area (Å²) in [5.41, 5.74) is 0.638. The number of carbonyl (C=O) groups excluding carboxylic acids is 1. The second-order valence-corrected chi connectivity index (χ2v) is 10.8. The van der Waals surface area contributed by atoms with Gasteiger partial charge in [0.15, 0.2) is 15.0 Å². The highest BCUT2D eigenvalue weighted by Crippen LogP contribution is 2.34. The van der Waals surface area contributed by atoms with E-state index in [-0.39, 0.29) is 16.4 Å². The fraction of sp³-hybridized carbons (Fsp3) is 0.333. The molecular weight excluding hydrogens is 477 g/mol. The Bertz CT molecular complexity index is 1210. The summed E-state index contributed by atoms with van der Waals surface area (Å²) in [6.07, 6.45) is 1.15. The lowest BCUT2D eigenvalue weighted by Gasteiger charge is -2.25. The van der Waals surface area contributed by atoms with Crippen LogP contribution in [-0.4, -0.2) is 56.6 Å². The largest absolute Gasteiger partial charge is 0.302 e. The molecule has 6 nitrogen and oxygen atoms in total. The molecular formula is C21H23Cl2N3O3S2. The first-order valence-corrected chi connectivity index (χ1v) is 13.2. The van der Waals surface area contributed by atoms with E-state index in [0.29, 0.717) is 38.5 Å². The number of benzene rings is 2. The zero-order chi connectivity index (χ0) is 22.8. The molecule has 1 amide bonds. The van der Waals surface area contributed by atoms with E-state index < -0.39 is 9.84 Å². The summed E-state index contributed by atoms with van der Waals surface area (Å²) in [6.45, 7) is 6.80. The molecule has 0 N–H and O–H groups in total. The van der Waals surface area contributed by atoms with Gasteiger partial charge in [0.25, 0.3) is 5.91 Å². The highest BCUT2D eigenvalue weighted by molar-refractivity contribution is 7.91. The van der Waals surface area contributed by atoms with Crippen LogP contribution in [0.25, 0.3) is 10.2 Å². The smallest absolute Gasteiger partial charge is 0.261 e. The fourth-order valence-corrected chi connectivity index (χ4v) is 5.48. The molecule has 0 saturated heterocycles. The molecule has 3 rings (SSSR count). The van der Waals surface area contributed by atoms with Crippen LogP contribution in [0.3, 0.4) is 0 Å². The maximum Gasteiger partial charge on any atom is 0.261 e. The minimum Gasteiger partial charge on any atom is -0.302 e. The van der Waals surface area contributed by atoms with Crippen molar-refractivity contribution >= 4 is 65.6 Å². The lowest BCUT2D eigenvalue weighted by Crippen LogP contribution is -2.39. The van der Waals surface area contributed by atoms with Crippen molar-refractivity contribution < 1.29 is 13.2 Å². The summed E-state index contributed by atoms with van der Waals surface area (Å²) in [4.78, 5) is 21.9. The van der Waals surface area contributed by atoms with Crippen LogP contribution in [0, 0.1) is 0 Å². The van der Waals surface area contributed by atoms with Gasteiger partial charge in [0.05, 0.1) is 20.2 Å². The third-order valence-electron chi connectivity index (χ3n) is 4.94. The Morgan fingerprint density at radius 3 is 2.45 bits per heavy atom. The topological polar surface area (TPSA) is 70.6 Å². The van der Waals surface area contributed by atoms with Crippen molar-refractivity contribution in [1.82, 2.24) is 9.88 Å². The molecule has 0 fully saturated rings. The highest BCUT2D eigenvalue weighted by Gasteiger charge is 2.25.